The van der Waals surface area contributed by atoms with E-state index >= 15 is 0 Å². The zero-order valence-electron chi connectivity index (χ0n) is 11.4. The van der Waals surface area contributed by atoms with Gasteiger partial charge in [-0.05, 0) is 36.8 Å². The van der Waals surface area contributed by atoms with Gasteiger partial charge in [-0.25, -0.2) is 4.98 Å². The van der Waals surface area contributed by atoms with E-state index in [1.807, 2.05) is 25.1 Å². The van der Waals surface area contributed by atoms with Gasteiger partial charge in [0.25, 0.3) is 5.91 Å². The van der Waals surface area contributed by atoms with Crippen LogP contribution in [-0.2, 0) is 6.54 Å². The second-order valence-corrected chi connectivity index (χ2v) is 4.88. The molecular formula is C15H16ClN3O. The van der Waals surface area contributed by atoms with E-state index in [1.54, 1.807) is 25.2 Å². The molecule has 0 aliphatic carbocycles. The van der Waals surface area contributed by atoms with Gasteiger partial charge in [0.05, 0.1) is 0 Å². The molecule has 2 aromatic rings. The van der Waals surface area contributed by atoms with Crippen molar-refractivity contribution in [3.63, 3.8) is 0 Å². The summed E-state index contributed by atoms with van der Waals surface area (Å²) in [6, 6.07) is 10.9. The number of halogens is 1. The molecule has 0 fully saturated rings. The molecule has 0 spiro atoms. The quantitative estimate of drug-likeness (QED) is 0.910. The summed E-state index contributed by atoms with van der Waals surface area (Å²) in [6.07, 6.45) is 0. The fraction of sp³-hybridized carbons (Fsp3) is 0.200. The maximum Gasteiger partial charge on any atom is 0.251 e. The molecular weight excluding hydrogens is 274 g/mol. The third-order valence-electron chi connectivity index (χ3n) is 2.81. The molecule has 5 heteroatoms. The zero-order valence-corrected chi connectivity index (χ0v) is 12.2. The van der Waals surface area contributed by atoms with Gasteiger partial charge in [-0.15, -0.1) is 0 Å². The Kier molecular flexibility index (Phi) is 4.58. The maximum absolute atomic E-state index is 12.1. The normalized spacial score (nSPS) is 10.2. The van der Waals surface area contributed by atoms with Crippen molar-refractivity contribution in [1.29, 1.82) is 0 Å². The van der Waals surface area contributed by atoms with Crippen LogP contribution in [-0.4, -0.2) is 17.9 Å². The van der Waals surface area contributed by atoms with Crippen LogP contribution in [0.3, 0.4) is 0 Å². The number of aromatic nitrogens is 1. The average Bonchev–Trinajstić information content (AvgIpc) is 2.44. The standard InChI is InChI=1S/C15H16ClN3O/c1-10-6-12(8-14(17-2)19-10)15(20)18-9-11-4-3-5-13(16)7-11/h3-8H,9H2,1-2H3,(H,17,19)(H,18,20). The highest BCUT2D eigenvalue weighted by Crippen LogP contribution is 2.12. The Hall–Kier alpha value is -2.07. The van der Waals surface area contributed by atoms with Crippen molar-refractivity contribution in [2.75, 3.05) is 12.4 Å². The molecule has 1 aromatic heterocycles. The molecule has 0 atom stereocenters. The highest BCUT2D eigenvalue weighted by atomic mass is 35.5. The van der Waals surface area contributed by atoms with E-state index in [-0.39, 0.29) is 5.91 Å². The van der Waals surface area contributed by atoms with Gasteiger partial charge in [0.2, 0.25) is 0 Å². The first-order valence-electron chi connectivity index (χ1n) is 6.27. The van der Waals surface area contributed by atoms with E-state index in [2.05, 4.69) is 15.6 Å². The molecule has 0 saturated heterocycles. The fourth-order valence-electron chi connectivity index (χ4n) is 1.86. The molecule has 4 nitrogen and oxygen atoms in total. The van der Waals surface area contributed by atoms with Crippen LogP contribution in [0.4, 0.5) is 5.82 Å². The van der Waals surface area contributed by atoms with Gasteiger partial charge < -0.3 is 10.6 Å². The number of nitrogens with zero attached hydrogens (tertiary/aromatic N) is 1. The second kappa shape index (κ2) is 6.39. The summed E-state index contributed by atoms with van der Waals surface area (Å²) in [7, 11) is 1.77. The van der Waals surface area contributed by atoms with Gasteiger partial charge in [0.1, 0.15) is 5.82 Å². The topological polar surface area (TPSA) is 54.0 Å². The van der Waals surface area contributed by atoms with Gasteiger partial charge in [0.15, 0.2) is 0 Å². The van der Waals surface area contributed by atoms with E-state index in [4.69, 9.17) is 11.6 Å². The zero-order chi connectivity index (χ0) is 14.5. The molecule has 0 radical (unpaired) electrons. The van der Waals surface area contributed by atoms with Crippen molar-refractivity contribution in [1.82, 2.24) is 10.3 Å². The Morgan fingerprint density at radius 3 is 2.80 bits per heavy atom. The molecule has 0 aliphatic rings. The molecule has 20 heavy (non-hydrogen) atoms. The monoisotopic (exact) mass is 289 g/mol. The summed E-state index contributed by atoms with van der Waals surface area (Å²) >= 11 is 5.91. The van der Waals surface area contributed by atoms with Crippen LogP contribution in [0.5, 0.6) is 0 Å². The van der Waals surface area contributed by atoms with Crippen LogP contribution >= 0.6 is 11.6 Å². The summed E-state index contributed by atoms with van der Waals surface area (Å²) < 4.78 is 0. The number of carbonyl (C=O) groups is 1. The van der Waals surface area contributed by atoms with E-state index in [0.29, 0.717) is 22.9 Å². The van der Waals surface area contributed by atoms with Crippen LogP contribution in [0.15, 0.2) is 36.4 Å². The van der Waals surface area contributed by atoms with E-state index < -0.39 is 0 Å². The number of rotatable bonds is 4. The summed E-state index contributed by atoms with van der Waals surface area (Å²) in [5.41, 5.74) is 2.35. The SMILES string of the molecule is CNc1cc(C(=O)NCc2cccc(Cl)c2)cc(C)n1. The maximum atomic E-state index is 12.1. The number of nitrogens with one attached hydrogen (secondary N) is 2. The highest BCUT2D eigenvalue weighted by Gasteiger charge is 2.08. The largest absolute Gasteiger partial charge is 0.373 e. The average molecular weight is 290 g/mol. The predicted molar refractivity (Wildman–Crippen MR) is 81.1 cm³/mol. The minimum Gasteiger partial charge on any atom is -0.373 e. The number of amides is 1. The lowest BCUT2D eigenvalue weighted by molar-refractivity contribution is 0.0950. The molecule has 0 saturated carbocycles. The summed E-state index contributed by atoms with van der Waals surface area (Å²) in [4.78, 5) is 16.4. The first-order valence-corrected chi connectivity index (χ1v) is 6.65. The summed E-state index contributed by atoms with van der Waals surface area (Å²) in [5.74, 6) is 0.546. The number of anilines is 1. The van der Waals surface area contributed by atoms with Gasteiger partial charge in [-0.2, -0.15) is 0 Å². The third kappa shape index (κ3) is 3.71. The molecule has 2 N–H and O–H groups in total. The first kappa shape index (κ1) is 14.3. The molecule has 1 heterocycles. The second-order valence-electron chi connectivity index (χ2n) is 4.45. The number of carbonyl (C=O) groups excluding carboxylic acids is 1. The van der Waals surface area contributed by atoms with E-state index in [1.165, 1.54) is 0 Å². The number of benzene rings is 1. The number of aryl methyl sites for hydroxylation is 1. The van der Waals surface area contributed by atoms with Crippen molar-refractivity contribution in [2.45, 2.75) is 13.5 Å². The van der Waals surface area contributed by atoms with E-state index in [0.717, 1.165) is 11.3 Å². The third-order valence-corrected chi connectivity index (χ3v) is 3.05. The van der Waals surface area contributed by atoms with Gasteiger partial charge in [0, 0.05) is 29.9 Å². The lowest BCUT2D eigenvalue weighted by Crippen LogP contribution is -2.23. The Labute approximate surface area is 123 Å². The van der Waals surface area contributed by atoms with Crippen LogP contribution in [0.1, 0.15) is 21.6 Å². The van der Waals surface area contributed by atoms with Gasteiger partial charge in [-0.1, -0.05) is 23.7 Å². The van der Waals surface area contributed by atoms with Gasteiger partial charge in [-0.3, -0.25) is 4.79 Å². The van der Waals surface area contributed by atoms with Crippen molar-refractivity contribution >= 4 is 23.3 Å². The number of hydrogen-bond acceptors (Lipinski definition) is 3. The first-order chi connectivity index (χ1) is 9.58. The Morgan fingerprint density at radius 2 is 2.10 bits per heavy atom. The van der Waals surface area contributed by atoms with Crippen molar-refractivity contribution in [2.24, 2.45) is 0 Å². The molecule has 0 aliphatic heterocycles. The molecule has 0 unspecified atom stereocenters. The number of hydrogen-bond donors (Lipinski definition) is 2. The van der Waals surface area contributed by atoms with Crippen LogP contribution < -0.4 is 10.6 Å². The van der Waals surface area contributed by atoms with E-state index in [9.17, 15) is 4.79 Å². The number of pyridine rings is 1. The lowest BCUT2D eigenvalue weighted by Gasteiger charge is -2.08. The van der Waals surface area contributed by atoms with Crippen molar-refractivity contribution in [3.05, 3.63) is 58.2 Å². The van der Waals surface area contributed by atoms with Gasteiger partial charge >= 0.3 is 0 Å². The Morgan fingerprint density at radius 1 is 1.30 bits per heavy atom. The summed E-state index contributed by atoms with van der Waals surface area (Å²) in [6.45, 7) is 2.30. The molecule has 1 aromatic carbocycles. The smallest absolute Gasteiger partial charge is 0.251 e. The molecule has 1 amide bonds. The predicted octanol–water partition coefficient (Wildman–Crippen LogP) is 3.02. The molecule has 0 bridgehead atoms. The molecule has 2 rings (SSSR count). The van der Waals surface area contributed by atoms with Crippen molar-refractivity contribution < 1.29 is 4.79 Å². The Bertz CT molecular complexity index is 628. The van der Waals surface area contributed by atoms with Crippen molar-refractivity contribution in [3.8, 4) is 0 Å². The highest BCUT2D eigenvalue weighted by molar-refractivity contribution is 6.30. The van der Waals surface area contributed by atoms with Crippen LogP contribution in [0.2, 0.25) is 5.02 Å². The molecule has 104 valence electrons. The van der Waals surface area contributed by atoms with Crippen LogP contribution in [0.25, 0.3) is 0 Å². The fourth-order valence-corrected chi connectivity index (χ4v) is 2.07. The Balaban J connectivity index is 2.07. The van der Waals surface area contributed by atoms with Crippen LogP contribution in [0, 0.1) is 6.92 Å². The minimum absolute atomic E-state index is 0.132. The minimum atomic E-state index is -0.132. The summed E-state index contributed by atoms with van der Waals surface area (Å²) in [5, 5.41) is 6.46. The lowest BCUT2D eigenvalue weighted by atomic mass is 10.2.